The first-order valence-corrected chi connectivity index (χ1v) is 10.8. The molecule has 2 aromatic carbocycles. The van der Waals surface area contributed by atoms with Crippen molar-refractivity contribution >= 4 is 46.4 Å². The van der Waals surface area contributed by atoms with Gasteiger partial charge in [0.25, 0.3) is 5.91 Å². The Balaban J connectivity index is 1.62. The molecule has 0 radical (unpaired) electrons. The van der Waals surface area contributed by atoms with Gasteiger partial charge < -0.3 is 19.9 Å². The van der Waals surface area contributed by atoms with Gasteiger partial charge in [-0.1, -0.05) is 23.2 Å². The standard InChI is InChI=1S/C22H22Cl2F3N3O3/c1-21(2,33-16-6-3-14(23)4-7-16)19(31)28-15-5-8-18(17(24)13-15)29-9-11-30(12-10-29)20(32)22(25,26)27/h3-8,13H,9-12H2,1-2H3,(H,28,31). The zero-order valence-electron chi connectivity index (χ0n) is 17.9. The van der Waals surface area contributed by atoms with E-state index in [-0.39, 0.29) is 26.2 Å². The van der Waals surface area contributed by atoms with Crippen LogP contribution in [0.4, 0.5) is 24.5 Å². The Kier molecular flexibility index (Phi) is 7.33. The second-order valence-electron chi connectivity index (χ2n) is 7.96. The quantitative estimate of drug-likeness (QED) is 0.623. The van der Waals surface area contributed by atoms with E-state index in [2.05, 4.69) is 5.32 Å². The van der Waals surface area contributed by atoms with Crippen molar-refractivity contribution in [3.8, 4) is 5.75 Å². The Labute approximate surface area is 199 Å². The summed E-state index contributed by atoms with van der Waals surface area (Å²) < 4.78 is 43.6. The third kappa shape index (κ3) is 6.23. The molecule has 3 rings (SSSR count). The first kappa shape index (κ1) is 25.0. The first-order chi connectivity index (χ1) is 15.4. The molecule has 1 fully saturated rings. The lowest BCUT2D eigenvalue weighted by Gasteiger charge is -2.36. The summed E-state index contributed by atoms with van der Waals surface area (Å²) in [5, 5.41) is 3.62. The second kappa shape index (κ2) is 9.69. The number of hydrogen-bond donors (Lipinski definition) is 1. The number of nitrogens with one attached hydrogen (secondary N) is 1. The minimum absolute atomic E-state index is 0.0661. The van der Waals surface area contributed by atoms with Gasteiger partial charge in [0.05, 0.1) is 10.7 Å². The van der Waals surface area contributed by atoms with E-state index >= 15 is 0 Å². The lowest BCUT2D eigenvalue weighted by molar-refractivity contribution is -0.185. The average Bonchev–Trinajstić information content (AvgIpc) is 2.74. The van der Waals surface area contributed by atoms with Crippen LogP contribution in [0.25, 0.3) is 0 Å². The number of anilines is 2. The van der Waals surface area contributed by atoms with E-state index in [9.17, 15) is 22.8 Å². The van der Waals surface area contributed by atoms with Crippen LogP contribution in [0.5, 0.6) is 5.75 Å². The SMILES string of the molecule is CC(C)(Oc1ccc(Cl)cc1)C(=O)Nc1ccc(N2CCN(C(=O)C(F)(F)F)CC2)c(Cl)c1. The monoisotopic (exact) mass is 503 g/mol. The van der Waals surface area contributed by atoms with Gasteiger partial charge in [0.15, 0.2) is 5.60 Å². The van der Waals surface area contributed by atoms with Gasteiger partial charge in [0.2, 0.25) is 0 Å². The van der Waals surface area contributed by atoms with Crippen molar-refractivity contribution in [1.29, 1.82) is 0 Å². The molecule has 1 heterocycles. The topological polar surface area (TPSA) is 61.9 Å². The summed E-state index contributed by atoms with van der Waals surface area (Å²) >= 11 is 12.2. The highest BCUT2D eigenvalue weighted by atomic mass is 35.5. The molecule has 0 aliphatic carbocycles. The number of benzene rings is 2. The molecule has 33 heavy (non-hydrogen) atoms. The number of piperazine rings is 1. The van der Waals surface area contributed by atoms with E-state index < -0.39 is 23.6 Å². The van der Waals surface area contributed by atoms with E-state index in [4.69, 9.17) is 27.9 Å². The normalized spacial score (nSPS) is 14.8. The van der Waals surface area contributed by atoms with Gasteiger partial charge in [0.1, 0.15) is 5.75 Å². The number of ether oxygens (including phenoxy) is 1. The number of alkyl halides is 3. The minimum Gasteiger partial charge on any atom is -0.478 e. The van der Waals surface area contributed by atoms with E-state index in [1.165, 1.54) is 0 Å². The van der Waals surface area contributed by atoms with Crippen molar-refractivity contribution in [2.75, 3.05) is 36.4 Å². The molecule has 0 aromatic heterocycles. The van der Waals surface area contributed by atoms with Crippen LogP contribution >= 0.6 is 23.2 Å². The molecular formula is C22H22Cl2F3N3O3. The number of halogens is 5. The highest BCUT2D eigenvalue weighted by Crippen LogP contribution is 2.31. The third-order valence-corrected chi connectivity index (χ3v) is 5.64. The van der Waals surface area contributed by atoms with Crippen molar-refractivity contribution < 1.29 is 27.5 Å². The maximum absolute atomic E-state index is 12.7. The summed E-state index contributed by atoms with van der Waals surface area (Å²) in [5.41, 5.74) is -0.154. The molecule has 1 saturated heterocycles. The molecule has 178 valence electrons. The molecular weight excluding hydrogens is 482 g/mol. The van der Waals surface area contributed by atoms with Gasteiger partial charge in [-0.25, -0.2) is 0 Å². The van der Waals surface area contributed by atoms with Crippen molar-refractivity contribution in [2.45, 2.75) is 25.6 Å². The summed E-state index contributed by atoms with van der Waals surface area (Å²) in [7, 11) is 0. The fourth-order valence-electron chi connectivity index (χ4n) is 3.30. The summed E-state index contributed by atoms with van der Waals surface area (Å²) in [6.07, 6.45) is -4.88. The molecule has 0 unspecified atom stereocenters. The van der Waals surface area contributed by atoms with Crippen LogP contribution in [0, 0.1) is 0 Å². The van der Waals surface area contributed by atoms with Crippen LogP contribution in [0.15, 0.2) is 42.5 Å². The average molecular weight is 504 g/mol. The Bertz CT molecular complexity index is 1020. The lowest BCUT2D eigenvalue weighted by atomic mass is 10.1. The highest BCUT2D eigenvalue weighted by molar-refractivity contribution is 6.33. The number of amides is 2. The third-order valence-electron chi connectivity index (χ3n) is 5.09. The lowest BCUT2D eigenvalue weighted by Crippen LogP contribution is -2.52. The minimum atomic E-state index is -4.88. The zero-order chi connectivity index (χ0) is 24.4. The zero-order valence-corrected chi connectivity index (χ0v) is 19.4. The van der Waals surface area contributed by atoms with Crippen molar-refractivity contribution in [2.24, 2.45) is 0 Å². The van der Waals surface area contributed by atoms with Gasteiger partial charge >= 0.3 is 12.1 Å². The molecule has 1 aliphatic rings. The summed E-state index contributed by atoms with van der Waals surface area (Å²) in [6.45, 7) is 3.51. The largest absolute Gasteiger partial charge is 0.478 e. The first-order valence-electron chi connectivity index (χ1n) is 10.0. The Morgan fingerprint density at radius 3 is 2.12 bits per heavy atom. The molecule has 1 N–H and O–H groups in total. The maximum atomic E-state index is 12.7. The van der Waals surface area contributed by atoms with Crippen LogP contribution < -0.4 is 15.0 Å². The summed E-state index contributed by atoms with van der Waals surface area (Å²) in [5.74, 6) is -1.76. The van der Waals surface area contributed by atoms with E-state index in [1.807, 2.05) is 0 Å². The van der Waals surface area contributed by atoms with Gasteiger partial charge in [-0.2, -0.15) is 13.2 Å². The molecule has 0 bridgehead atoms. The van der Waals surface area contributed by atoms with E-state index in [0.717, 1.165) is 4.90 Å². The van der Waals surface area contributed by atoms with E-state index in [1.54, 1.807) is 61.2 Å². The van der Waals surface area contributed by atoms with Gasteiger partial charge in [-0.15, -0.1) is 0 Å². The van der Waals surface area contributed by atoms with Crippen LogP contribution in [-0.4, -0.2) is 54.7 Å². The maximum Gasteiger partial charge on any atom is 0.471 e. The molecule has 6 nitrogen and oxygen atoms in total. The van der Waals surface area contributed by atoms with Gasteiger partial charge in [-0.3, -0.25) is 9.59 Å². The van der Waals surface area contributed by atoms with Gasteiger partial charge in [-0.05, 0) is 56.3 Å². The fourth-order valence-corrected chi connectivity index (χ4v) is 3.72. The van der Waals surface area contributed by atoms with Gasteiger partial charge in [0, 0.05) is 36.9 Å². The van der Waals surface area contributed by atoms with Crippen molar-refractivity contribution in [1.82, 2.24) is 4.90 Å². The van der Waals surface area contributed by atoms with Crippen molar-refractivity contribution in [3.63, 3.8) is 0 Å². The molecule has 0 atom stereocenters. The predicted molar refractivity (Wildman–Crippen MR) is 121 cm³/mol. The van der Waals surface area contributed by atoms with Crippen LogP contribution in [0.1, 0.15) is 13.8 Å². The number of nitrogens with zero attached hydrogens (tertiary/aromatic N) is 2. The van der Waals surface area contributed by atoms with Crippen LogP contribution in [-0.2, 0) is 9.59 Å². The summed E-state index contributed by atoms with van der Waals surface area (Å²) in [6, 6.07) is 11.5. The van der Waals surface area contributed by atoms with Crippen molar-refractivity contribution in [3.05, 3.63) is 52.5 Å². The Morgan fingerprint density at radius 1 is 0.970 bits per heavy atom. The number of hydrogen-bond acceptors (Lipinski definition) is 4. The molecule has 11 heteroatoms. The smallest absolute Gasteiger partial charge is 0.471 e. The highest BCUT2D eigenvalue weighted by Gasteiger charge is 2.43. The molecule has 2 aromatic rings. The van der Waals surface area contributed by atoms with Crippen LogP contribution in [0.2, 0.25) is 10.0 Å². The Morgan fingerprint density at radius 2 is 1.58 bits per heavy atom. The number of rotatable bonds is 5. The fraction of sp³-hybridized carbons (Fsp3) is 0.364. The molecule has 0 spiro atoms. The van der Waals surface area contributed by atoms with Crippen LogP contribution in [0.3, 0.4) is 0 Å². The molecule has 0 saturated carbocycles. The molecule has 1 aliphatic heterocycles. The summed E-state index contributed by atoms with van der Waals surface area (Å²) in [4.78, 5) is 26.7. The number of carbonyl (C=O) groups is 2. The Hall–Kier alpha value is -2.65. The van der Waals surface area contributed by atoms with E-state index in [0.29, 0.717) is 27.2 Å². The molecule has 2 amide bonds. The number of carbonyl (C=O) groups excluding carboxylic acids is 2. The predicted octanol–water partition coefficient (Wildman–Crippen LogP) is 5.00. The second-order valence-corrected chi connectivity index (χ2v) is 8.81.